The van der Waals surface area contributed by atoms with Crippen molar-refractivity contribution in [3.63, 3.8) is 0 Å². The van der Waals surface area contributed by atoms with Gasteiger partial charge in [0.25, 0.3) is 5.91 Å². The van der Waals surface area contributed by atoms with Crippen LogP contribution in [0.25, 0.3) is 0 Å². The average molecular weight is 231 g/mol. The van der Waals surface area contributed by atoms with E-state index in [2.05, 4.69) is 15.0 Å². The predicted molar refractivity (Wildman–Crippen MR) is 65.2 cm³/mol. The Morgan fingerprint density at radius 2 is 2.24 bits per heavy atom. The fraction of sp³-hybridized carbons (Fsp3) is 0.167. The van der Waals surface area contributed by atoms with E-state index in [1.54, 1.807) is 6.07 Å². The van der Waals surface area contributed by atoms with Crippen LogP contribution in [0.4, 0.5) is 11.4 Å². The zero-order valence-corrected chi connectivity index (χ0v) is 9.68. The van der Waals surface area contributed by atoms with Crippen LogP contribution in [0.15, 0.2) is 41.2 Å². The van der Waals surface area contributed by atoms with Gasteiger partial charge in [-0.05, 0) is 18.2 Å². The molecule has 2 aromatic rings. The van der Waals surface area contributed by atoms with Gasteiger partial charge in [0.15, 0.2) is 0 Å². The lowest BCUT2D eigenvalue weighted by Gasteiger charge is -2.13. The van der Waals surface area contributed by atoms with Crippen LogP contribution in [0.3, 0.4) is 0 Å². The Bertz CT molecular complexity index is 506. The SMILES string of the molecule is CN(C)c1cccc(C(=O)Nc2cnoc2)c1. The fourth-order valence-electron chi connectivity index (χ4n) is 1.40. The molecule has 0 atom stereocenters. The lowest BCUT2D eigenvalue weighted by Crippen LogP contribution is -2.13. The number of anilines is 2. The van der Waals surface area contributed by atoms with Crippen LogP contribution in [0.1, 0.15) is 10.4 Å². The average Bonchev–Trinajstić information content (AvgIpc) is 2.82. The number of nitrogens with one attached hydrogen (secondary N) is 1. The zero-order chi connectivity index (χ0) is 12.3. The van der Waals surface area contributed by atoms with E-state index in [9.17, 15) is 4.79 Å². The van der Waals surface area contributed by atoms with Crippen LogP contribution in [0.5, 0.6) is 0 Å². The third-order valence-corrected chi connectivity index (χ3v) is 2.31. The Hall–Kier alpha value is -2.30. The number of carbonyl (C=O) groups excluding carboxylic acids is 1. The van der Waals surface area contributed by atoms with Crippen molar-refractivity contribution >= 4 is 17.3 Å². The van der Waals surface area contributed by atoms with E-state index in [4.69, 9.17) is 0 Å². The fourth-order valence-corrected chi connectivity index (χ4v) is 1.40. The molecule has 1 heterocycles. The third kappa shape index (κ3) is 2.63. The van der Waals surface area contributed by atoms with E-state index in [-0.39, 0.29) is 5.91 Å². The van der Waals surface area contributed by atoms with Crippen molar-refractivity contribution in [1.29, 1.82) is 0 Å². The Morgan fingerprint density at radius 3 is 2.88 bits per heavy atom. The summed E-state index contributed by atoms with van der Waals surface area (Å²) < 4.78 is 4.64. The first-order chi connectivity index (χ1) is 8.16. The van der Waals surface area contributed by atoms with Crippen molar-refractivity contribution in [3.8, 4) is 0 Å². The number of rotatable bonds is 3. The van der Waals surface area contributed by atoms with Crippen LogP contribution in [0, 0.1) is 0 Å². The molecule has 5 nitrogen and oxygen atoms in total. The number of carbonyl (C=O) groups is 1. The minimum atomic E-state index is -0.183. The van der Waals surface area contributed by atoms with Gasteiger partial charge in [-0.2, -0.15) is 0 Å². The second kappa shape index (κ2) is 4.69. The number of benzene rings is 1. The summed E-state index contributed by atoms with van der Waals surface area (Å²) in [5.41, 5.74) is 2.12. The van der Waals surface area contributed by atoms with E-state index in [1.165, 1.54) is 12.5 Å². The highest BCUT2D eigenvalue weighted by Crippen LogP contribution is 2.15. The van der Waals surface area contributed by atoms with Crippen LogP contribution in [-0.2, 0) is 0 Å². The Kier molecular flexibility index (Phi) is 3.09. The van der Waals surface area contributed by atoms with Gasteiger partial charge in [0.05, 0.1) is 6.20 Å². The largest absolute Gasteiger partial charge is 0.378 e. The second-order valence-electron chi connectivity index (χ2n) is 3.81. The molecule has 0 unspecified atom stereocenters. The number of hydrogen-bond acceptors (Lipinski definition) is 4. The van der Waals surface area contributed by atoms with E-state index < -0.39 is 0 Å². The Morgan fingerprint density at radius 1 is 1.41 bits per heavy atom. The molecule has 17 heavy (non-hydrogen) atoms. The lowest BCUT2D eigenvalue weighted by atomic mass is 10.2. The number of hydrogen-bond donors (Lipinski definition) is 1. The van der Waals surface area contributed by atoms with Gasteiger partial charge in [-0.1, -0.05) is 11.2 Å². The highest BCUT2D eigenvalue weighted by molar-refractivity contribution is 6.04. The number of aromatic nitrogens is 1. The molecule has 5 heteroatoms. The van der Waals surface area contributed by atoms with Crippen molar-refractivity contribution in [2.24, 2.45) is 0 Å². The maximum absolute atomic E-state index is 11.9. The van der Waals surface area contributed by atoms with E-state index >= 15 is 0 Å². The van der Waals surface area contributed by atoms with Crippen molar-refractivity contribution < 1.29 is 9.32 Å². The standard InChI is InChI=1S/C12H13N3O2/c1-15(2)11-5-3-4-9(6-11)12(16)14-10-7-13-17-8-10/h3-8H,1-2H3,(H,14,16). The van der Waals surface area contributed by atoms with Gasteiger partial charge in [-0.25, -0.2) is 0 Å². The molecule has 1 aromatic carbocycles. The van der Waals surface area contributed by atoms with Crippen LogP contribution in [0.2, 0.25) is 0 Å². The van der Waals surface area contributed by atoms with Gasteiger partial charge < -0.3 is 14.7 Å². The molecule has 0 fully saturated rings. The molecule has 1 aromatic heterocycles. The summed E-state index contributed by atoms with van der Waals surface area (Å²) in [6.45, 7) is 0. The van der Waals surface area contributed by atoms with E-state index in [1.807, 2.05) is 37.2 Å². The smallest absolute Gasteiger partial charge is 0.255 e. The van der Waals surface area contributed by atoms with Gasteiger partial charge in [0.2, 0.25) is 0 Å². The normalized spacial score (nSPS) is 10.0. The summed E-state index contributed by atoms with van der Waals surface area (Å²) in [5, 5.41) is 6.21. The highest BCUT2D eigenvalue weighted by atomic mass is 16.5. The molecule has 0 aliphatic heterocycles. The van der Waals surface area contributed by atoms with E-state index in [0.29, 0.717) is 11.3 Å². The second-order valence-corrected chi connectivity index (χ2v) is 3.81. The summed E-state index contributed by atoms with van der Waals surface area (Å²) in [6.07, 6.45) is 2.83. The molecule has 0 radical (unpaired) electrons. The molecule has 0 bridgehead atoms. The molecular formula is C12H13N3O2. The van der Waals surface area contributed by atoms with Gasteiger partial charge in [-0.3, -0.25) is 4.79 Å². The maximum atomic E-state index is 11.9. The van der Waals surface area contributed by atoms with E-state index in [0.717, 1.165) is 5.69 Å². The number of amides is 1. The molecule has 2 rings (SSSR count). The first kappa shape index (κ1) is 11.2. The Balaban J connectivity index is 2.16. The molecule has 1 amide bonds. The lowest BCUT2D eigenvalue weighted by molar-refractivity contribution is 0.102. The first-order valence-electron chi connectivity index (χ1n) is 5.15. The summed E-state index contributed by atoms with van der Waals surface area (Å²) in [7, 11) is 3.86. The summed E-state index contributed by atoms with van der Waals surface area (Å²) in [5.74, 6) is -0.183. The molecular weight excluding hydrogens is 218 g/mol. The third-order valence-electron chi connectivity index (χ3n) is 2.31. The minimum absolute atomic E-state index is 0.183. The Labute approximate surface area is 99.0 Å². The van der Waals surface area contributed by atoms with Crippen LogP contribution in [-0.4, -0.2) is 25.2 Å². The van der Waals surface area contributed by atoms with Crippen LogP contribution < -0.4 is 10.2 Å². The van der Waals surface area contributed by atoms with Gasteiger partial charge >= 0.3 is 0 Å². The highest BCUT2D eigenvalue weighted by Gasteiger charge is 2.08. The van der Waals surface area contributed by atoms with Crippen LogP contribution >= 0.6 is 0 Å². The van der Waals surface area contributed by atoms with Gasteiger partial charge in [0.1, 0.15) is 12.0 Å². The van der Waals surface area contributed by atoms with Crippen molar-refractivity contribution in [2.75, 3.05) is 24.3 Å². The quantitative estimate of drug-likeness (QED) is 0.877. The monoisotopic (exact) mass is 231 g/mol. The maximum Gasteiger partial charge on any atom is 0.255 e. The van der Waals surface area contributed by atoms with Crippen molar-refractivity contribution in [1.82, 2.24) is 5.16 Å². The first-order valence-corrected chi connectivity index (χ1v) is 5.15. The molecule has 1 N–H and O–H groups in total. The summed E-state index contributed by atoms with van der Waals surface area (Å²) in [4.78, 5) is 13.8. The van der Waals surface area contributed by atoms with Crippen molar-refractivity contribution in [2.45, 2.75) is 0 Å². The summed E-state index contributed by atoms with van der Waals surface area (Å²) >= 11 is 0. The van der Waals surface area contributed by atoms with Gasteiger partial charge in [-0.15, -0.1) is 0 Å². The minimum Gasteiger partial charge on any atom is -0.378 e. The molecule has 0 saturated carbocycles. The molecule has 0 aliphatic carbocycles. The summed E-state index contributed by atoms with van der Waals surface area (Å²) in [6, 6.07) is 7.37. The van der Waals surface area contributed by atoms with Crippen molar-refractivity contribution in [3.05, 3.63) is 42.3 Å². The van der Waals surface area contributed by atoms with Gasteiger partial charge in [0, 0.05) is 25.3 Å². The molecule has 0 spiro atoms. The molecule has 88 valence electrons. The molecule has 0 aliphatic rings. The topological polar surface area (TPSA) is 58.4 Å². The molecule has 0 saturated heterocycles. The predicted octanol–water partition coefficient (Wildman–Crippen LogP) is 1.99. The zero-order valence-electron chi connectivity index (χ0n) is 9.68. The number of nitrogens with zero attached hydrogens (tertiary/aromatic N) is 2.